The molecule has 0 radical (unpaired) electrons. The molecule has 2 fully saturated rings. The van der Waals surface area contributed by atoms with Crippen molar-refractivity contribution in [2.75, 3.05) is 13.2 Å². The zero-order chi connectivity index (χ0) is 13.7. The summed E-state index contributed by atoms with van der Waals surface area (Å²) >= 11 is 0. The minimum Gasteiger partial charge on any atom is -0.464 e. The fraction of sp³-hybridized carbons (Fsp3) is 0.867. The molecule has 0 aromatic carbocycles. The Hall–Kier alpha value is -1.06. The lowest BCUT2D eigenvalue weighted by Gasteiger charge is -2.29. The number of hydrogen-bond acceptors (Lipinski definition) is 3. The number of nitrogens with zero attached hydrogens (tertiary/aromatic N) is 1. The second-order valence-corrected chi connectivity index (χ2v) is 5.69. The van der Waals surface area contributed by atoms with Gasteiger partial charge in [-0.3, -0.25) is 4.79 Å². The van der Waals surface area contributed by atoms with Crippen molar-refractivity contribution in [1.82, 2.24) is 4.90 Å². The Morgan fingerprint density at radius 2 is 1.84 bits per heavy atom. The molecule has 0 N–H and O–H groups in total. The van der Waals surface area contributed by atoms with E-state index in [-0.39, 0.29) is 23.8 Å². The summed E-state index contributed by atoms with van der Waals surface area (Å²) in [4.78, 5) is 26.3. The zero-order valence-corrected chi connectivity index (χ0v) is 11.9. The third-order valence-electron chi connectivity index (χ3n) is 4.21. The molecule has 108 valence electrons. The van der Waals surface area contributed by atoms with Crippen molar-refractivity contribution in [3.8, 4) is 0 Å². The van der Waals surface area contributed by atoms with Gasteiger partial charge in [-0.25, -0.2) is 4.79 Å². The quantitative estimate of drug-likeness (QED) is 0.735. The first kappa shape index (κ1) is 14.4. The Morgan fingerprint density at radius 3 is 2.53 bits per heavy atom. The SMILES string of the molecule is CCCOC(=O)C1CCCN1C(=O)C1CCCCC1. The van der Waals surface area contributed by atoms with E-state index >= 15 is 0 Å². The summed E-state index contributed by atoms with van der Waals surface area (Å²) in [5.41, 5.74) is 0. The van der Waals surface area contributed by atoms with E-state index in [2.05, 4.69) is 0 Å². The van der Waals surface area contributed by atoms with Crippen LogP contribution in [0.4, 0.5) is 0 Å². The summed E-state index contributed by atoms with van der Waals surface area (Å²) in [5.74, 6) is 0.132. The molecule has 0 aromatic rings. The van der Waals surface area contributed by atoms with E-state index in [1.165, 1.54) is 6.42 Å². The van der Waals surface area contributed by atoms with E-state index in [0.29, 0.717) is 6.61 Å². The predicted octanol–water partition coefficient (Wildman–Crippen LogP) is 2.51. The van der Waals surface area contributed by atoms with Crippen LogP contribution in [0.5, 0.6) is 0 Å². The van der Waals surface area contributed by atoms with Crippen LogP contribution in [0.1, 0.15) is 58.3 Å². The highest BCUT2D eigenvalue weighted by atomic mass is 16.5. The first-order valence-electron chi connectivity index (χ1n) is 7.71. The zero-order valence-electron chi connectivity index (χ0n) is 11.9. The summed E-state index contributed by atoms with van der Waals surface area (Å²) in [6.45, 7) is 3.16. The molecule has 1 saturated carbocycles. The fourth-order valence-corrected chi connectivity index (χ4v) is 3.16. The Labute approximate surface area is 115 Å². The Balaban J connectivity index is 1.93. The molecule has 0 spiro atoms. The van der Waals surface area contributed by atoms with Gasteiger partial charge in [0.05, 0.1) is 6.61 Å². The molecule has 1 aliphatic carbocycles. The molecule has 1 aliphatic heterocycles. The van der Waals surface area contributed by atoms with Crippen LogP contribution < -0.4 is 0 Å². The van der Waals surface area contributed by atoms with Gasteiger partial charge < -0.3 is 9.64 Å². The molecule has 19 heavy (non-hydrogen) atoms. The summed E-state index contributed by atoms with van der Waals surface area (Å²) in [6.07, 6.45) is 8.04. The van der Waals surface area contributed by atoms with Crippen molar-refractivity contribution in [2.45, 2.75) is 64.3 Å². The smallest absolute Gasteiger partial charge is 0.328 e. The van der Waals surface area contributed by atoms with E-state index in [0.717, 1.165) is 51.5 Å². The number of likely N-dealkylation sites (tertiary alicyclic amines) is 1. The molecule has 2 aliphatic rings. The molecule has 1 saturated heterocycles. The lowest BCUT2D eigenvalue weighted by atomic mass is 9.88. The van der Waals surface area contributed by atoms with E-state index < -0.39 is 0 Å². The van der Waals surface area contributed by atoms with Gasteiger partial charge in [-0.05, 0) is 32.1 Å². The first-order valence-corrected chi connectivity index (χ1v) is 7.71. The topological polar surface area (TPSA) is 46.6 Å². The van der Waals surface area contributed by atoms with Crippen molar-refractivity contribution in [3.05, 3.63) is 0 Å². The molecule has 0 bridgehead atoms. The summed E-state index contributed by atoms with van der Waals surface area (Å²) in [5, 5.41) is 0. The fourth-order valence-electron chi connectivity index (χ4n) is 3.16. The van der Waals surface area contributed by atoms with Crippen molar-refractivity contribution in [3.63, 3.8) is 0 Å². The monoisotopic (exact) mass is 267 g/mol. The molecule has 2 rings (SSSR count). The van der Waals surface area contributed by atoms with Gasteiger partial charge in [-0.2, -0.15) is 0 Å². The molecule has 1 atom stereocenters. The second-order valence-electron chi connectivity index (χ2n) is 5.69. The lowest BCUT2D eigenvalue weighted by Crippen LogP contribution is -2.44. The second kappa shape index (κ2) is 6.92. The van der Waals surface area contributed by atoms with Gasteiger partial charge in [0.2, 0.25) is 5.91 Å². The van der Waals surface area contributed by atoms with Gasteiger partial charge in [-0.1, -0.05) is 26.2 Å². The number of esters is 1. The standard InChI is InChI=1S/C15H25NO3/c1-2-11-19-15(18)13-9-6-10-16(13)14(17)12-7-4-3-5-8-12/h12-13H,2-11H2,1H3. The van der Waals surface area contributed by atoms with Gasteiger partial charge in [0.15, 0.2) is 0 Å². The van der Waals surface area contributed by atoms with E-state index in [1.54, 1.807) is 4.90 Å². The average Bonchev–Trinajstić information content (AvgIpc) is 2.94. The van der Waals surface area contributed by atoms with Crippen LogP contribution in [0.2, 0.25) is 0 Å². The molecule has 1 unspecified atom stereocenters. The van der Waals surface area contributed by atoms with Crippen LogP contribution in [0.3, 0.4) is 0 Å². The lowest BCUT2D eigenvalue weighted by molar-refractivity contribution is -0.155. The van der Waals surface area contributed by atoms with E-state index in [1.807, 2.05) is 6.92 Å². The molecular weight excluding hydrogens is 242 g/mol. The largest absolute Gasteiger partial charge is 0.464 e. The number of carbonyl (C=O) groups excluding carboxylic acids is 2. The number of hydrogen-bond donors (Lipinski definition) is 0. The normalized spacial score (nSPS) is 24.5. The minimum atomic E-state index is -0.319. The average molecular weight is 267 g/mol. The van der Waals surface area contributed by atoms with Crippen molar-refractivity contribution in [2.24, 2.45) is 5.92 Å². The van der Waals surface area contributed by atoms with Gasteiger partial charge in [0, 0.05) is 12.5 Å². The molecule has 1 amide bonds. The maximum absolute atomic E-state index is 12.5. The molecular formula is C15H25NO3. The van der Waals surface area contributed by atoms with Crippen LogP contribution in [0.25, 0.3) is 0 Å². The Kier molecular flexibility index (Phi) is 5.23. The van der Waals surface area contributed by atoms with Gasteiger partial charge in [0.25, 0.3) is 0 Å². The molecule has 4 heteroatoms. The van der Waals surface area contributed by atoms with Crippen LogP contribution in [0.15, 0.2) is 0 Å². The van der Waals surface area contributed by atoms with Crippen LogP contribution >= 0.6 is 0 Å². The maximum atomic E-state index is 12.5. The molecule has 1 heterocycles. The number of amides is 1. The number of rotatable bonds is 4. The Morgan fingerprint density at radius 1 is 1.11 bits per heavy atom. The van der Waals surface area contributed by atoms with Gasteiger partial charge >= 0.3 is 5.97 Å². The number of ether oxygens (including phenoxy) is 1. The Bertz CT molecular complexity index is 323. The van der Waals surface area contributed by atoms with Crippen molar-refractivity contribution in [1.29, 1.82) is 0 Å². The summed E-state index contributed by atoms with van der Waals surface area (Å²) < 4.78 is 5.21. The van der Waals surface area contributed by atoms with E-state index in [4.69, 9.17) is 4.74 Å². The summed E-state index contributed by atoms with van der Waals surface area (Å²) in [6, 6.07) is -0.319. The summed E-state index contributed by atoms with van der Waals surface area (Å²) in [7, 11) is 0. The van der Waals surface area contributed by atoms with Gasteiger partial charge in [0.1, 0.15) is 6.04 Å². The highest BCUT2D eigenvalue weighted by Gasteiger charge is 2.38. The highest BCUT2D eigenvalue weighted by Crippen LogP contribution is 2.29. The third kappa shape index (κ3) is 3.48. The number of carbonyl (C=O) groups is 2. The van der Waals surface area contributed by atoms with Gasteiger partial charge in [-0.15, -0.1) is 0 Å². The first-order chi connectivity index (χ1) is 9.24. The third-order valence-corrected chi connectivity index (χ3v) is 4.21. The minimum absolute atomic E-state index is 0.147. The predicted molar refractivity (Wildman–Crippen MR) is 72.6 cm³/mol. The molecule has 0 aromatic heterocycles. The van der Waals surface area contributed by atoms with E-state index in [9.17, 15) is 9.59 Å². The maximum Gasteiger partial charge on any atom is 0.328 e. The van der Waals surface area contributed by atoms with Crippen LogP contribution in [-0.2, 0) is 14.3 Å². The van der Waals surface area contributed by atoms with Crippen molar-refractivity contribution >= 4 is 11.9 Å². The van der Waals surface area contributed by atoms with Crippen LogP contribution in [0, 0.1) is 5.92 Å². The van der Waals surface area contributed by atoms with Crippen molar-refractivity contribution < 1.29 is 14.3 Å². The molecule has 4 nitrogen and oxygen atoms in total. The highest BCUT2D eigenvalue weighted by molar-refractivity contribution is 5.86. The van der Waals surface area contributed by atoms with Crippen LogP contribution in [-0.4, -0.2) is 36.0 Å².